The third-order valence-corrected chi connectivity index (χ3v) is 5.30. The van der Waals surface area contributed by atoms with E-state index >= 15 is 0 Å². The van der Waals surface area contributed by atoms with Crippen molar-refractivity contribution >= 4 is 33.8 Å². The van der Waals surface area contributed by atoms with Gasteiger partial charge in [-0.15, -0.1) is 0 Å². The van der Waals surface area contributed by atoms with E-state index in [2.05, 4.69) is 10.0 Å². The van der Waals surface area contributed by atoms with Gasteiger partial charge in [-0.05, 0) is 36.1 Å². The smallest absolute Gasteiger partial charge is 0.233 e. The van der Waals surface area contributed by atoms with Crippen molar-refractivity contribution < 1.29 is 28.0 Å². The summed E-state index contributed by atoms with van der Waals surface area (Å²) in [4.78, 5) is 36.9. The maximum Gasteiger partial charge on any atom is 0.233 e. The number of hydrogen-bond acceptors (Lipinski definition) is 6. The highest BCUT2D eigenvalue weighted by molar-refractivity contribution is 7.92. The van der Waals surface area contributed by atoms with Crippen LogP contribution in [-0.4, -0.2) is 55.6 Å². The summed E-state index contributed by atoms with van der Waals surface area (Å²) in [5.74, 6) is -1.40. The average Bonchev–Trinajstić information content (AvgIpc) is 2.66. The van der Waals surface area contributed by atoms with Crippen LogP contribution in [-0.2, 0) is 19.6 Å². The first-order chi connectivity index (χ1) is 14.3. The fourth-order valence-corrected chi connectivity index (χ4v) is 3.61. The SMILES string of the molecule is CCCCC(CN(O)C=O)C(=O)N[C@H](C(=O)c1ccc(NS(C)(=O)=O)cc1)C(C)(C)C. The van der Waals surface area contributed by atoms with Crippen LogP contribution in [0.3, 0.4) is 0 Å². The van der Waals surface area contributed by atoms with Crippen LogP contribution in [0.15, 0.2) is 24.3 Å². The van der Waals surface area contributed by atoms with Gasteiger partial charge in [0.15, 0.2) is 5.78 Å². The van der Waals surface area contributed by atoms with Crippen molar-refractivity contribution in [2.75, 3.05) is 17.5 Å². The molecule has 3 N–H and O–H groups in total. The fraction of sp³-hybridized carbons (Fsp3) is 0.571. The predicted molar refractivity (Wildman–Crippen MR) is 118 cm³/mol. The number of ketones is 1. The molecule has 0 aliphatic rings. The average molecular weight is 456 g/mol. The zero-order valence-electron chi connectivity index (χ0n) is 18.7. The Morgan fingerprint density at radius 1 is 1.19 bits per heavy atom. The predicted octanol–water partition coefficient (Wildman–Crippen LogP) is 2.43. The van der Waals surface area contributed by atoms with Gasteiger partial charge < -0.3 is 5.32 Å². The van der Waals surface area contributed by atoms with Crippen LogP contribution in [0, 0.1) is 11.3 Å². The van der Waals surface area contributed by atoms with Crippen molar-refractivity contribution in [3.63, 3.8) is 0 Å². The fourth-order valence-electron chi connectivity index (χ4n) is 3.04. The molecule has 0 saturated heterocycles. The molecular weight excluding hydrogens is 422 g/mol. The second kappa shape index (κ2) is 11.2. The molecular formula is C21H33N3O6S. The van der Waals surface area contributed by atoms with Crippen molar-refractivity contribution in [2.24, 2.45) is 11.3 Å². The number of carbonyl (C=O) groups is 3. The highest BCUT2D eigenvalue weighted by atomic mass is 32.2. The normalized spacial score (nSPS) is 13.7. The highest BCUT2D eigenvalue weighted by Crippen LogP contribution is 2.24. The molecule has 0 aromatic heterocycles. The number of hydrogen-bond donors (Lipinski definition) is 3. The molecule has 1 aromatic rings. The quantitative estimate of drug-likeness (QED) is 0.192. The Balaban J connectivity index is 3.07. The maximum absolute atomic E-state index is 13.2. The van der Waals surface area contributed by atoms with E-state index in [1.807, 2.05) is 27.7 Å². The molecule has 2 amide bonds. The van der Waals surface area contributed by atoms with Gasteiger partial charge in [0.05, 0.1) is 24.8 Å². The molecule has 0 bridgehead atoms. The molecule has 0 aliphatic carbocycles. The molecule has 0 aliphatic heterocycles. The standard InChI is InChI=1S/C21H33N3O6S/c1-6-7-8-16(13-24(28)14-25)20(27)22-19(21(2,3)4)18(26)15-9-11-17(12-10-15)23-31(5,29)30/h9-12,14,16,19,23,28H,6-8,13H2,1-5H3,(H,22,27)/t16?,19-/m1/s1. The number of rotatable bonds is 12. The minimum Gasteiger partial charge on any atom is -0.345 e. The van der Waals surface area contributed by atoms with E-state index in [1.165, 1.54) is 24.3 Å². The summed E-state index contributed by atoms with van der Waals surface area (Å²) in [5, 5.41) is 12.8. The molecule has 0 heterocycles. The van der Waals surface area contributed by atoms with Crippen molar-refractivity contribution in [1.82, 2.24) is 10.4 Å². The maximum atomic E-state index is 13.2. The van der Waals surface area contributed by atoms with Gasteiger partial charge in [0.1, 0.15) is 0 Å². The molecule has 2 atom stereocenters. The van der Waals surface area contributed by atoms with E-state index in [1.54, 1.807) is 0 Å². The summed E-state index contributed by atoms with van der Waals surface area (Å²) in [6.07, 6.45) is 3.30. The van der Waals surface area contributed by atoms with Gasteiger partial charge in [0.25, 0.3) is 0 Å². The summed E-state index contributed by atoms with van der Waals surface area (Å²) in [7, 11) is -3.44. The first-order valence-corrected chi connectivity index (χ1v) is 12.0. The number of hydroxylamine groups is 2. The van der Waals surface area contributed by atoms with Crippen LogP contribution in [0.25, 0.3) is 0 Å². The van der Waals surface area contributed by atoms with Crippen LogP contribution in [0.4, 0.5) is 5.69 Å². The Hall–Kier alpha value is -2.46. The van der Waals surface area contributed by atoms with Crippen molar-refractivity contribution in [1.29, 1.82) is 0 Å². The Morgan fingerprint density at radius 2 is 1.77 bits per heavy atom. The van der Waals surface area contributed by atoms with Crippen LogP contribution in [0.5, 0.6) is 0 Å². The number of Topliss-reactive ketones (excluding diaryl/α,β-unsaturated/α-hetero) is 1. The first-order valence-electron chi connectivity index (χ1n) is 10.1. The van der Waals surface area contributed by atoms with Gasteiger partial charge in [-0.2, -0.15) is 0 Å². The molecule has 31 heavy (non-hydrogen) atoms. The molecule has 1 aromatic carbocycles. The van der Waals surface area contributed by atoms with E-state index in [9.17, 15) is 28.0 Å². The summed E-state index contributed by atoms with van der Waals surface area (Å²) >= 11 is 0. The van der Waals surface area contributed by atoms with E-state index in [0.717, 1.165) is 19.1 Å². The highest BCUT2D eigenvalue weighted by Gasteiger charge is 2.35. The molecule has 1 unspecified atom stereocenters. The summed E-state index contributed by atoms with van der Waals surface area (Å²) in [5.41, 5.74) is 0.0305. The van der Waals surface area contributed by atoms with Gasteiger partial charge in [-0.1, -0.05) is 40.5 Å². The number of anilines is 1. The van der Waals surface area contributed by atoms with Gasteiger partial charge in [0, 0.05) is 11.3 Å². The molecule has 0 fully saturated rings. The van der Waals surface area contributed by atoms with Crippen molar-refractivity contribution in [3.05, 3.63) is 29.8 Å². The largest absolute Gasteiger partial charge is 0.345 e. The third-order valence-electron chi connectivity index (χ3n) is 4.69. The Bertz CT molecular complexity index is 862. The molecule has 9 nitrogen and oxygen atoms in total. The van der Waals surface area contributed by atoms with Crippen LogP contribution in [0.2, 0.25) is 0 Å². The van der Waals surface area contributed by atoms with Gasteiger partial charge in [-0.3, -0.25) is 24.3 Å². The Kier molecular flexibility index (Phi) is 9.64. The molecule has 1 rings (SSSR count). The monoisotopic (exact) mass is 455 g/mol. The molecule has 0 saturated carbocycles. The zero-order chi connectivity index (χ0) is 23.8. The number of amides is 2. The van der Waals surface area contributed by atoms with Gasteiger partial charge in [0.2, 0.25) is 22.3 Å². The van der Waals surface area contributed by atoms with Crippen LogP contribution in [0.1, 0.15) is 57.3 Å². The lowest BCUT2D eigenvalue weighted by Crippen LogP contribution is -2.52. The summed E-state index contributed by atoms with van der Waals surface area (Å²) in [6, 6.07) is 5.09. The number of nitrogens with zero attached hydrogens (tertiary/aromatic N) is 1. The number of nitrogens with one attached hydrogen (secondary N) is 2. The van der Waals surface area contributed by atoms with Gasteiger partial charge >= 0.3 is 0 Å². The number of carbonyl (C=O) groups excluding carboxylic acids is 3. The number of sulfonamides is 1. The Morgan fingerprint density at radius 3 is 2.23 bits per heavy atom. The molecule has 0 spiro atoms. The van der Waals surface area contributed by atoms with Crippen LogP contribution >= 0.6 is 0 Å². The lowest BCUT2D eigenvalue weighted by Gasteiger charge is -2.32. The summed E-state index contributed by atoms with van der Waals surface area (Å²) in [6.45, 7) is 7.27. The zero-order valence-corrected chi connectivity index (χ0v) is 19.5. The van der Waals surface area contributed by atoms with E-state index in [0.29, 0.717) is 22.7 Å². The van der Waals surface area contributed by atoms with Crippen LogP contribution < -0.4 is 10.0 Å². The molecule has 0 radical (unpaired) electrons. The van der Waals surface area contributed by atoms with Gasteiger partial charge in [-0.25, -0.2) is 13.5 Å². The molecule has 10 heteroatoms. The van der Waals surface area contributed by atoms with E-state index < -0.39 is 33.3 Å². The molecule has 174 valence electrons. The summed E-state index contributed by atoms with van der Waals surface area (Å²) < 4.78 is 25.0. The first kappa shape index (κ1) is 26.6. The minimum absolute atomic E-state index is 0.160. The van der Waals surface area contributed by atoms with Crippen molar-refractivity contribution in [2.45, 2.75) is 53.0 Å². The topological polar surface area (TPSA) is 133 Å². The lowest BCUT2D eigenvalue weighted by molar-refractivity contribution is -0.154. The second-order valence-electron chi connectivity index (χ2n) is 8.69. The number of unbranched alkanes of at least 4 members (excludes halogenated alkanes) is 1. The third kappa shape index (κ3) is 9.06. The van der Waals surface area contributed by atoms with Crippen molar-refractivity contribution in [3.8, 4) is 0 Å². The van der Waals surface area contributed by atoms with E-state index in [4.69, 9.17) is 0 Å². The number of benzene rings is 1. The Labute approximate surface area is 184 Å². The lowest BCUT2D eigenvalue weighted by atomic mass is 9.81. The minimum atomic E-state index is -3.44. The van der Waals surface area contributed by atoms with E-state index in [-0.39, 0.29) is 18.7 Å². The second-order valence-corrected chi connectivity index (χ2v) is 10.4.